The van der Waals surface area contributed by atoms with E-state index in [4.69, 9.17) is 4.74 Å². The van der Waals surface area contributed by atoms with E-state index in [0.717, 1.165) is 15.8 Å². The number of aliphatic hydroxyl groups excluding tert-OH is 1. The van der Waals surface area contributed by atoms with Gasteiger partial charge in [-0.05, 0) is 41.3 Å². The zero-order valence-electron chi connectivity index (χ0n) is 11.7. The van der Waals surface area contributed by atoms with E-state index in [-0.39, 0.29) is 18.4 Å². The maximum atomic E-state index is 9.74. The number of hydrogen-bond donors (Lipinski definition) is 1. The summed E-state index contributed by atoms with van der Waals surface area (Å²) in [5, 5.41) is 9.74. The molecule has 1 N–H and O–H groups in total. The van der Waals surface area contributed by atoms with Crippen molar-refractivity contribution < 1.29 is 9.84 Å². The molecule has 2 atom stereocenters. The summed E-state index contributed by atoms with van der Waals surface area (Å²) in [5.41, 5.74) is 2.35. The summed E-state index contributed by atoms with van der Waals surface area (Å²) in [6, 6.07) is 16.2. The molecule has 0 bridgehead atoms. The molecule has 0 saturated heterocycles. The highest BCUT2D eigenvalue weighted by Gasteiger charge is 2.20. The molecule has 0 aliphatic carbocycles. The Labute approximate surface area is 128 Å². The van der Waals surface area contributed by atoms with Crippen LogP contribution in [0, 0.1) is 0 Å². The first-order valence-corrected chi connectivity index (χ1v) is 7.45. The Hall–Kier alpha value is -1.32. The molecule has 0 aromatic heterocycles. The molecule has 0 spiro atoms. The number of ether oxygens (including phenoxy) is 1. The highest BCUT2D eigenvalue weighted by atomic mass is 79.9. The van der Waals surface area contributed by atoms with Gasteiger partial charge in [0.1, 0.15) is 5.75 Å². The third kappa shape index (κ3) is 3.41. The molecule has 106 valence electrons. The van der Waals surface area contributed by atoms with Crippen molar-refractivity contribution in [1.82, 2.24) is 0 Å². The van der Waals surface area contributed by atoms with Crippen LogP contribution < -0.4 is 4.74 Å². The van der Waals surface area contributed by atoms with Crippen molar-refractivity contribution in [2.75, 3.05) is 13.7 Å². The molecule has 2 aromatic carbocycles. The molecule has 0 saturated carbocycles. The average molecular weight is 335 g/mol. The summed E-state index contributed by atoms with van der Waals surface area (Å²) >= 11 is 3.44. The minimum atomic E-state index is 0.0940. The predicted octanol–water partition coefficient (Wildman–Crippen LogP) is 4.34. The maximum Gasteiger partial charge on any atom is 0.118 e. The molecule has 0 unspecified atom stereocenters. The Morgan fingerprint density at radius 1 is 1.00 bits per heavy atom. The number of benzene rings is 2. The van der Waals surface area contributed by atoms with E-state index >= 15 is 0 Å². The van der Waals surface area contributed by atoms with Crippen molar-refractivity contribution in [3.8, 4) is 5.75 Å². The Morgan fingerprint density at radius 3 is 2.05 bits per heavy atom. The summed E-state index contributed by atoms with van der Waals surface area (Å²) in [4.78, 5) is 0. The van der Waals surface area contributed by atoms with Crippen molar-refractivity contribution in [1.29, 1.82) is 0 Å². The van der Waals surface area contributed by atoms with Crippen molar-refractivity contribution in [3.63, 3.8) is 0 Å². The lowest BCUT2D eigenvalue weighted by molar-refractivity contribution is 0.251. The van der Waals surface area contributed by atoms with Crippen LogP contribution in [0.1, 0.15) is 29.9 Å². The first-order chi connectivity index (χ1) is 9.65. The van der Waals surface area contributed by atoms with E-state index in [0.29, 0.717) is 0 Å². The average Bonchev–Trinajstić information content (AvgIpc) is 2.50. The third-order valence-corrected chi connectivity index (χ3v) is 4.27. The summed E-state index contributed by atoms with van der Waals surface area (Å²) in [6.07, 6.45) is 0. The van der Waals surface area contributed by atoms with Crippen LogP contribution in [0.2, 0.25) is 0 Å². The van der Waals surface area contributed by atoms with Gasteiger partial charge in [0.05, 0.1) is 13.7 Å². The first-order valence-electron chi connectivity index (χ1n) is 6.66. The molecule has 0 aliphatic rings. The molecule has 0 fully saturated rings. The van der Waals surface area contributed by atoms with E-state index in [1.807, 2.05) is 24.3 Å². The lowest BCUT2D eigenvalue weighted by Crippen LogP contribution is -2.12. The second kappa shape index (κ2) is 6.91. The normalized spacial score (nSPS) is 13.8. The van der Waals surface area contributed by atoms with Gasteiger partial charge in [-0.25, -0.2) is 0 Å². The Kier molecular flexibility index (Phi) is 5.21. The van der Waals surface area contributed by atoms with E-state index in [1.165, 1.54) is 5.56 Å². The molecular formula is C17H19BrO2. The van der Waals surface area contributed by atoms with Crippen LogP contribution in [0.4, 0.5) is 0 Å². The minimum Gasteiger partial charge on any atom is -0.497 e. The van der Waals surface area contributed by atoms with Gasteiger partial charge in [-0.15, -0.1) is 0 Å². The van der Waals surface area contributed by atoms with Gasteiger partial charge in [0.2, 0.25) is 0 Å². The molecule has 2 nitrogen and oxygen atoms in total. The summed E-state index contributed by atoms with van der Waals surface area (Å²) in [5.74, 6) is 1.19. The zero-order chi connectivity index (χ0) is 14.5. The highest BCUT2D eigenvalue weighted by Crippen LogP contribution is 2.33. The van der Waals surface area contributed by atoms with Gasteiger partial charge in [0, 0.05) is 10.4 Å². The number of halogens is 1. The SMILES string of the molecule is COc1ccc([C@H](C)[C@@H](CO)c2ccc(Br)cc2)cc1. The van der Waals surface area contributed by atoms with Crippen molar-refractivity contribution >= 4 is 15.9 Å². The van der Waals surface area contributed by atoms with Crippen LogP contribution in [0.25, 0.3) is 0 Å². The molecule has 0 amide bonds. The van der Waals surface area contributed by atoms with Crippen LogP contribution in [0.15, 0.2) is 53.0 Å². The summed E-state index contributed by atoms with van der Waals surface area (Å²) in [6.45, 7) is 2.28. The van der Waals surface area contributed by atoms with E-state index < -0.39 is 0 Å². The van der Waals surface area contributed by atoms with E-state index in [9.17, 15) is 5.11 Å². The molecule has 0 radical (unpaired) electrons. The minimum absolute atomic E-state index is 0.0940. The first kappa shape index (κ1) is 15.1. The molecule has 3 heteroatoms. The van der Waals surface area contributed by atoms with Gasteiger partial charge in [-0.1, -0.05) is 47.1 Å². The molecule has 2 rings (SSSR count). The van der Waals surface area contributed by atoms with E-state index in [1.54, 1.807) is 7.11 Å². The second-order valence-corrected chi connectivity index (χ2v) is 5.82. The fraction of sp³-hybridized carbons (Fsp3) is 0.294. The zero-order valence-corrected chi connectivity index (χ0v) is 13.3. The molecular weight excluding hydrogens is 316 g/mol. The number of aliphatic hydroxyl groups is 1. The fourth-order valence-corrected chi connectivity index (χ4v) is 2.67. The van der Waals surface area contributed by atoms with Crippen LogP contribution >= 0.6 is 15.9 Å². The Morgan fingerprint density at radius 2 is 1.55 bits per heavy atom. The molecule has 0 heterocycles. The predicted molar refractivity (Wildman–Crippen MR) is 85.4 cm³/mol. The fourth-order valence-electron chi connectivity index (χ4n) is 2.40. The van der Waals surface area contributed by atoms with Gasteiger partial charge in [0.15, 0.2) is 0 Å². The third-order valence-electron chi connectivity index (χ3n) is 3.74. The van der Waals surface area contributed by atoms with Crippen molar-refractivity contribution in [2.45, 2.75) is 18.8 Å². The smallest absolute Gasteiger partial charge is 0.118 e. The van der Waals surface area contributed by atoms with E-state index in [2.05, 4.69) is 47.1 Å². The van der Waals surface area contributed by atoms with Gasteiger partial charge < -0.3 is 9.84 Å². The second-order valence-electron chi connectivity index (χ2n) is 4.90. The molecule has 0 aliphatic heterocycles. The Bertz CT molecular complexity index is 534. The topological polar surface area (TPSA) is 29.5 Å². The van der Waals surface area contributed by atoms with Crippen molar-refractivity contribution in [3.05, 3.63) is 64.1 Å². The number of rotatable bonds is 5. The van der Waals surface area contributed by atoms with Gasteiger partial charge >= 0.3 is 0 Å². The lowest BCUT2D eigenvalue weighted by Gasteiger charge is -2.23. The molecule has 20 heavy (non-hydrogen) atoms. The summed E-state index contributed by atoms with van der Waals surface area (Å²) < 4.78 is 6.23. The highest BCUT2D eigenvalue weighted by molar-refractivity contribution is 9.10. The number of hydrogen-bond acceptors (Lipinski definition) is 2. The quantitative estimate of drug-likeness (QED) is 0.881. The standard InChI is InChI=1S/C17H19BrO2/c1-12(13-5-9-16(20-2)10-6-13)17(11-19)14-3-7-15(18)8-4-14/h3-10,12,17,19H,11H2,1-2H3/t12-,17+/m0/s1. The van der Waals surface area contributed by atoms with Crippen LogP contribution in [0.3, 0.4) is 0 Å². The summed E-state index contributed by atoms with van der Waals surface area (Å²) in [7, 11) is 1.66. The van der Waals surface area contributed by atoms with Gasteiger partial charge in [-0.3, -0.25) is 0 Å². The lowest BCUT2D eigenvalue weighted by atomic mass is 9.83. The maximum absolute atomic E-state index is 9.74. The number of methoxy groups -OCH3 is 1. The van der Waals surface area contributed by atoms with Crippen LogP contribution in [0.5, 0.6) is 5.75 Å². The molecule has 2 aromatic rings. The van der Waals surface area contributed by atoms with Crippen LogP contribution in [-0.2, 0) is 0 Å². The van der Waals surface area contributed by atoms with Gasteiger partial charge in [-0.2, -0.15) is 0 Å². The largest absolute Gasteiger partial charge is 0.497 e. The van der Waals surface area contributed by atoms with Crippen molar-refractivity contribution in [2.24, 2.45) is 0 Å². The van der Waals surface area contributed by atoms with Crippen LogP contribution in [-0.4, -0.2) is 18.8 Å². The van der Waals surface area contributed by atoms with Gasteiger partial charge in [0.25, 0.3) is 0 Å². The Balaban J connectivity index is 2.23. The monoisotopic (exact) mass is 334 g/mol.